The summed E-state index contributed by atoms with van der Waals surface area (Å²) < 4.78 is 0. The monoisotopic (exact) mass is 1510 g/mol. The smallest absolute Gasteiger partial charge is 0.132 e. The minimum Gasteiger partial charge on any atom is -0.265 e. The van der Waals surface area contributed by atoms with Crippen LogP contribution < -0.4 is 0 Å². The maximum atomic E-state index is 5.70. The van der Waals surface area contributed by atoms with Crippen molar-refractivity contribution in [3.05, 3.63) is 281 Å². The number of aromatic nitrogens is 15. The van der Waals surface area contributed by atoms with E-state index in [1.807, 2.05) is 118 Å². The average molecular weight is 1510 g/mol. The number of pyridine rings is 5. The van der Waals surface area contributed by atoms with Crippen molar-refractivity contribution in [3.63, 3.8) is 0 Å². The highest BCUT2D eigenvalue weighted by molar-refractivity contribution is 6.29. The van der Waals surface area contributed by atoms with Gasteiger partial charge >= 0.3 is 0 Å². The molecule has 0 spiro atoms. The largest absolute Gasteiger partial charge is 0.265 e. The highest BCUT2D eigenvalue weighted by Gasteiger charge is 2.21. The summed E-state index contributed by atoms with van der Waals surface area (Å²) in [6, 6.07) is 36.2. The minimum absolute atomic E-state index is 0. The molecule has 10 aromatic heterocycles. The predicted molar refractivity (Wildman–Crippen MR) is 467 cm³/mol. The van der Waals surface area contributed by atoms with Crippen LogP contribution in [0, 0.1) is 27.7 Å². The molecule has 0 unspecified atom stereocenters. The Balaban J connectivity index is 0.000000612. The van der Waals surface area contributed by atoms with Crippen molar-refractivity contribution in [1.82, 2.24) is 74.8 Å². The molecule has 0 bridgehead atoms. The molecule has 0 radical (unpaired) electrons. The van der Waals surface area contributed by atoms with Gasteiger partial charge in [0.05, 0.1) is 28.1 Å². The molecule has 1 aromatic carbocycles. The number of para-hydroxylation sites is 2. The second kappa shape index (κ2) is 44.1. The van der Waals surface area contributed by atoms with Gasteiger partial charge in [0.2, 0.25) is 0 Å². The maximum Gasteiger partial charge on any atom is 0.132 e. The summed E-state index contributed by atoms with van der Waals surface area (Å²) in [5.74, 6) is 0.861. The number of rotatable bonds is 0. The number of fused-ring (bicyclic) bond motifs is 1. The molecule has 0 N–H and O–H groups in total. The number of benzene rings is 1. The van der Waals surface area contributed by atoms with Gasteiger partial charge in [0.15, 0.2) is 0 Å². The number of hydrogen-bond donors (Lipinski definition) is 0. The highest BCUT2D eigenvalue weighted by atomic mass is 35.5. The van der Waals surface area contributed by atoms with E-state index in [-0.39, 0.29) is 61.6 Å². The van der Waals surface area contributed by atoms with Gasteiger partial charge in [0, 0.05) is 152 Å². The molecular formula is C94H138ClN15. The highest BCUT2D eigenvalue weighted by Crippen LogP contribution is 2.27. The minimum atomic E-state index is 0. The van der Waals surface area contributed by atoms with E-state index in [4.69, 9.17) is 11.6 Å². The van der Waals surface area contributed by atoms with E-state index in [2.05, 4.69) is 339 Å². The van der Waals surface area contributed by atoms with E-state index in [0.29, 0.717) is 5.15 Å². The Morgan fingerprint density at radius 1 is 0.264 bits per heavy atom. The first-order chi connectivity index (χ1) is 50.0. The normalized spacial score (nSPS) is 11.5. The Kier molecular flexibility index (Phi) is 39.7. The van der Waals surface area contributed by atoms with Gasteiger partial charge in [0.25, 0.3) is 0 Å². The molecule has 0 atom stereocenters. The molecule has 0 amide bonds. The maximum absolute atomic E-state index is 5.70. The number of halogens is 1. The Hall–Kier alpha value is -9.08. The Bertz CT molecular complexity index is 4010. The fraction of sp³-hybridized carbons (Fsp3) is 0.479. The van der Waals surface area contributed by atoms with Gasteiger partial charge < -0.3 is 0 Å². The van der Waals surface area contributed by atoms with Gasteiger partial charge in [-0.05, 0) is 134 Å². The van der Waals surface area contributed by atoms with E-state index in [9.17, 15) is 0 Å². The first-order valence-corrected chi connectivity index (χ1v) is 38.0. The van der Waals surface area contributed by atoms with Crippen LogP contribution in [0.2, 0.25) is 5.15 Å². The summed E-state index contributed by atoms with van der Waals surface area (Å²) in [6.07, 6.45) is 24.9. The average Bonchev–Trinajstić information content (AvgIpc) is 0.845. The second-order valence-electron chi connectivity index (χ2n) is 37.2. The first kappa shape index (κ1) is 98.9. The predicted octanol–water partition coefficient (Wildman–Crippen LogP) is 24.4. The number of hydrogen-bond acceptors (Lipinski definition) is 15. The Morgan fingerprint density at radius 2 is 0.755 bits per heavy atom. The van der Waals surface area contributed by atoms with E-state index in [0.717, 1.165) is 62.4 Å². The summed E-state index contributed by atoms with van der Waals surface area (Å²) in [7, 11) is 0. The van der Waals surface area contributed by atoms with Gasteiger partial charge in [-0.2, -0.15) is 0 Å². The fourth-order valence-corrected chi connectivity index (χ4v) is 9.38. The molecule has 11 rings (SSSR count). The van der Waals surface area contributed by atoms with E-state index >= 15 is 0 Å². The zero-order valence-corrected chi connectivity index (χ0v) is 73.8. The summed E-state index contributed by atoms with van der Waals surface area (Å²) in [4.78, 5) is 62.6. The lowest BCUT2D eigenvalue weighted by molar-refractivity contribution is 0.563. The molecule has 0 saturated carbocycles. The van der Waals surface area contributed by atoms with Crippen molar-refractivity contribution in [1.29, 1.82) is 0 Å². The van der Waals surface area contributed by atoms with Gasteiger partial charge in [-0.3, -0.25) is 39.9 Å². The van der Waals surface area contributed by atoms with Gasteiger partial charge in [-0.25, -0.2) is 34.9 Å². The van der Waals surface area contributed by atoms with Crippen molar-refractivity contribution in [2.24, 2.45) is 0 Å². The lowest BCUT2D eigenvalue weighted by Gasteiger charge is -2.19. The van der Waals surface area contributed by atoms with Crippen LogP contribution in [0.15, 0.2) is 196 Å². The molecule has 10 heterocycles. The van der Waals surface area contributed by atoms with E-state index < -0.39 is 0 Å². The first-order valence-electron chi connectivity index (χ1n) is 37.6. The molecule has 11 aromatic rings. The molecule has 0 aliphatic carbocycles. The van der Waals surface area contributed by atoms with E-state index in [1.54, 1.807) is 43.4 Å². The zero-order chi connectivity index (χ0) is 83.0. The molecule has 16 heteroatoms. The third-order valence-electron chi connectivity index (χ3n) is 15.9. The molecule has 0 aliphatic rings. The zero-order valence-electron chi connectivity index (χ0n) is 73.1. The van der Waals surface area contributed by atoms with Crippen LogP contribution in [0.1, 0.15) is 294 Å². The molecule has 596 valence electrons. The summed E-state index contributed by atoms with van der Waals surface area (Å²) in [6.45, 7) is 72.7. The quantitative estimate of drug-likeness (QED) is 0.130. The van der Waals surface area contributed by atoms with Crippen LogP contribution in [0.5, 0.6) is 0 Å². The van der Waals surface area contributed by atoms with Crippen molar-refractivity contribution in [2.75, 3.05) is 0 Å². The summed E-state index contributed by atoms with van der Waals surface area (Å²) >= 11 is 5.70. The molecule has 15 nitrogen and oxygen atoms in total. The van der Waals surface area contributed by atoms with Crippen LogP contribution >= 0.6 is 11.6 Å². The van der Waals surface area contributed by atoms with Crippen LogP contribution in [-0.4, -0.2) is 74.8 Å². The molecule has 0 saturated heterocycles. The summed E-state index contributed by atoms with van der Waals surface area (Å²) in [5, 5.41) is 0.505. The van der Waals surface area contributed by atoms with Crippen LogP contribution in [0.3, 0.4) is 0 Å². The lowest BCUT2D eigenvalue weighted by atomic mass is 9.88. The Morgan fingerprint density at radius 3 is 1.13 bits per heavy atom. The second-order valence-corrected chi connectivity index (χ2v) is 37.6. The third kappa shape index (κ3) is 40.0. The Labute approximate surface area is 671 Å². The van der Waals surface area contributed by atoms with Gasteiger partial charge in [-0.15, -0.1) is 0 Å². The lowest BCUT2D eigenvalue weighted by Crippen LogP contribution is -2.15. The van der Waals surface area contributed by atoms with E-state index in [1.165, 1.54) is 34.3 Å². The van der Waals surface area contributed by atoms with Gasteiger partial charge in [-0.1, -0.05) is 263 Å². The van der Waals surface area contributed by atoms with Crippen LogP contribution in [-0.2, 0) is 54.1 Å². The molecule has 0 fully saturated rings. The topological polar surface area (TPSA) is 193 Å². The number of nitrogens with zero attached hydrogens (tertiary/aromatic N) is 15. The van der Waals surface area contributed by atoms with Crippen molar-refractivity contribution < 1.29 is 0 Å². The van der Waals surface area contributed by atoms with Gasteiger partial charge in [0.1, 0.15) is 23.6 Å². The molecule has 0 aliphatic heterocycles. The van der Waals surface area contributed by atoms with Crippen molar-refractivity contribution in [2.45, 2.75) is 297 Å². The van der Waals surface area contributed by atoms with Crippen LogP contribution in [0.4, 0.5) is 0 Å². The molecular weight excluding hydrogens is 1370 g/mol. The standard InChI is InChI=1S/C12H14N2.C10H16N2.2C10H15N.3C9H13N.C8H11ClN2.2C8H12N2.CH4/c1-12(2,3)11-8-13-9-6-4-5-7-10(9)14-11;1-7-6-9(10(3,4)5)12-8(2)11-7;1-8-5-6-9(11-7-8)10(2,3)4;1-8-6-5-7-11-9(8)10(2,3)4;1-9(2,3)8-4-6-10-7-5-8;1-9(2,3)8-5-4-6-10-7-8;1-9(2,3)8-6-4-5-7-10-8;1-8(2,3)6-4-7(9)11-5-10-6;1-8(2,3)7-6-9-4-5-10-7;1-8(2,3)7-4-5-9-6-10-7;/h4-8H,1-3H3;6H,1-5H3;2*5-7H,1-4H3;3*4-7H,1-3H3;4-5H,1-3H3;2*4-6H,1-3H3;1H4. The third-order valence-corrected chi connectivity index (χ3v) is 16.1. The fourth-order valence-electron chi connectivity index (χ4n) is 9.23. The van der Waals surface area contributed by atoms with Crippen molar-refractivity contribution in [3.8, 4) is 0 Å². The van der Waals surface area contributed by atoms with Crippen LogP contribution in [0.25, 0.3) is 11.0 Å². The van der Waals surface area contributed by atoms with Crippen molar-refractivity contribution >= 4 is 22.6 Å². The summed E-state index contributed by atoms with van der Waals surface area (Å²) in [5.41, 5.74) is 18.4. The SMILES string of the molecule is C.CC(C)(C)c1cc(Cl)ncn1.CC(C)(C)c1ccccn1.CC(C)(C)c1cccnc1.CC(C)(C)c1ccncc1.CC(C)(C)c1ccncn1.CC(C)(C)c1cnc2ccccc2n1.CC(C)(C)c1cnccn1.Cc1cc(C(C)(C)C)nc(C)n1.Cc1ccc(C(C)(C)C)nc1.Cc1cccnc1C(C)(C)C. The number of aryl methyl sites for hydroxylation is 4. The molecule has 110 heavy (non-hydrogen) atoms.